The van der Waals surface area contributed by atoms with Crippen molar-refractivity contribution in [2.75, 3.05) is 5.32 Å². The summed E-state index contributed by atoms with van der Waals surface area (Å²) in [5.41, 5.74) is 0.915. The zero-order valence-corrected chi connectivity index (χ0v) is 10.9. The molecule has 7 heteroatoms. The van der Waals surface area contributed by atoms with E-state index in [0.717, 1.165) is 18.1 Å². The second-order valence-corrected chi connectivity index (χ2v) is 4.56. The van der Waals surface area contributed by atoms with Crippen molar-refractivity contribution in [1.29, 1.82) is 0 Å². The van der Waals surface area contributed by atoms with Crippen LogP contribution in [0.5, 0.6) is 0 Å². The summed E-state index contributed by atoms with van der Waals surface area (Å²) in [6, 6.07) is 2.20. The standard InChI is InChI=1S/C12H15N7/c1-9-5-11(19-12(17-9)14-7-15-19)16-10(2)6-18-4-3-13-8-18/h3-5,7-8,10,16H,6H2,1-2H3. The second-order valence-electron chi connectivity index (χ2n) is 4.56. The van der Waals surface area contributed by atoms with Gasteiger partial charge in [-0.1, -0.05) is 0 Å². The van der Waals surface area contributed by atoms with Gasteiger partial charge >= 0.3 is 0 Å². The van der Waals surface area contributed by atoms with Crippen LogP contribution >= 0.6 is 0 Å². The zero-order chi connectivity index (χ0) is 13.2. The average molecular weight is 257 g/mol. The minimum atomic E-state index is 0.239. The normalized spacial score (nSPS) is 12.7. The third-order valence-corrected chi connectivity index (χ3v) is 2.82. The highest BCUT2D eigenvalue weighted by molar-refractivity contribution is 5.45. The fraction of sp³-hybridized carbons (Fsp3) is 0.333. The maximum Gasteiger partial charge on any atom is 0.254 e. The lowest BCUT2D eigenvalue weighted by Gasteiger charge is -2.16. The molecule has 0 saturated carbocycles. The zero-order valence-electron chi connectivity index (χ0n) is 10.9. The predicted octanol–water partition coefficient (Wildman–Crippen LogP) is 1.13. The van der Waals surface area contributed by atoms with E-state index in [-0.39, 0.29) is 6.04 Å². The third kappa shape index (κ3) is 2.40. The molecule has 0 bridgehead atoms. The Morgan fingerprint density at radius 2 is 2.32 bits per heavy atom. The number of nitrogens with zero attached hydrogens (tertiary/aromatic N) is 6. The first-order valence-electron chi connectivity index (χ1n) is 6.12. The van der Waals surface area contributed by atoms with Crippen molar-refractivity contribution >= 4 is 11.6 Å². The van der Waals surface area contributed by atoms with E-state index in [4.69, 9.17) is 0 Å². The molecule has 0 amide bonds. The van der Waals surface area contributed by atoms with Crippen LogP contribution in [0.2, 0.25) is 0 Å². The van der Waals surface area contributed by atoms with Crippen LogP contribution < -0.4 is 5.32 Å². The van der Waals surface area contributed by atoms with Crippen LogP contribution in [0, 0.1) is 6.92 Å². The van der Waals surface area contributed by atoms with Gasteiger partial charge in [-0.05, 0) is 13.8 Å². The molecule has 0 aliphatic carbocycles. The van der Waals surface area contributed by atoms with Gasteiger partial charge in [0.05, 0.1) is 6.33 Å². The number of hydrogen-bond acceptors (Lipinski definition) is 5. The van der Waals surface area contributed by atoms with Crippen molar-refractivity contribution in [3.63, 3.8) is 0 Å². The van der Waals surface area contributed by atoms with Gasteiger partial charge in [-0.2, -0.15) is 14.6 Å². The molecular weight excluding hydrogens is 242 g/mol. The van der Waals surface area contributed by atoms with Crippen molar-refractivity contribution < 1.29 is 0 Å². The molecule has 1 unspecified atom stereocenters. The molecule has 0 aromatic carbocycles. The first-order chi connectivity index (χ1) is 9.22. The Balaban J connectivity index is 1.82. The highest BCUT2D eigenvalue weighted by Gasteiger charge is 2.09. The van der Waals surface area contributed by atoms with E-state index in [2.05, 4.69) is 32.3 Å². The summed E-state index contributed by atoms with van der Waals surface area (Å²) in [4.78, 5) is 12.5. The van der Waals surface area contributed by atoms with E-state index in [9.17, 15) is 0 Å². The Kier molecular flexibility index (Phi) is 2.86. The van der Waals surface area contributed by atoms with Gasteiger partial charge in [-0.15, -0.1) is 0 Å². The lowest BCUT2D eigenvalue weighted by molar-refractivity contribution is 0.614. The fourth-order valence-electron chi connectivity index (χ4n) is 2.04. The highest BCUT2D eigenvalue weighted by Crippen LogP contribution is 2.11. The van der Waals surface area contributed by atoms with E-state index in [1.807, 2.05) is 23.8 Å². The monoisotopic (exact) mass is 257 g/mol. The minimum absolute atomic E-state index is 0.239. The molecule has 0 fully saturated rings. The van der Waals surface area contributed by atoms with Crippen LogP contribution in [0.4, 0.5) is 5.82 Å². The van der Waals surface area contributed by atoms with E-state index in [1.165, 1.54) is 6.33 Å². The molecule has 1 N–H and O–H groups in total. The maximum atomic E-state index is 4.31. The lowest BCUT2D eigenvalue weighted by Crippen LogP contribution is -2.23. The topological polar surface area (TPSA) is 72.9 Å². The van der Waals surface area contributed by atoms with Crippen molar-refractivity contribution in [3.05, 3.63) is 36.8 Å². The van der Waals surface area contributed by atoms with Crippen LogP contribution in [-0.4, -0.2) is 35.2 Å². The van der Waals surface area contributed by atoms with Gasteiger partial charge in [-0.25, -0.2) is 9.97 Å². The number of anilines is 1. The lowest BCUT2D eigenvalue weighted by atomic mass is 10.3. The quantitative estimate of drug-likeness (QED) is 0.758. The molecule has 19 heavy (non-hydrogen) atoms. The molecule has 7 nitrogen and oxygen atoms in total. The fourth-order valence-corrected chi connectivity index (χ4v) is 2.04. The highest BCUT2D eigenvalue weighted by atomic mass is 15.4. The van der Waals surface area contributed by atoms with E-state index in [0.29, 0.717) is 5.78 Å². The smallest absolute Gasteiger partial charge is 0.254 e. The number of imidazole rings is 1. The molecule has 3 heterocycles. The number of aryl methyl sites for hydroxylation is 1. The summed E-state index contributed by atoms with van der Waals surface area (Å²) in [6.07, 6.45) is 7.04. The summed E-state index contributed by atoms with van der Waals surface area (Å²) in [6.45, 7) is 4.89. The summed E-state index contributed by atoms with van der Waals surface area (Å²) in [5.74, 6) is 1.50. The Labute approximate surface area is 110 Å². The Morgan fingerprint density at radius 3 is 3.11 bits per heavy atom. The van der Waals surface area contributed by atoms with E-state index in [1.54, 1.807) is 17.0 Å². The van der Waals surface area contributed by atoms with Crippen LogP contribution in [0.25, 0.3) is 5.78 Å². The molecule has 3 aromatic heterocycles. The average Bonchev–Trinajstić information content (AvgIpc) is 2.99. The van der Waals surface area contributed by atoms with Crippen molar-refractivity contribution in [3.8, 4) is 0 Å². The van der Waals surface area contributed by atoms with Crippen LogP contribution in [0.3, 0.4) is 0 Å². The molecule has 0 radical (unpaired) electrons. The Hall–Kier alpha value is -2.44. The van der Waals surface area contributed by atoms with Gasteiger partial charge in [0.2, 0.25) is 0 Å². The van der Waals surface area contributed by atoms with Gasteiger partial charge in [0.25, 0.3) is 5.78 Å². The molecule has 0 saturated heterocycles. The molecule has 0 spiro atoms. The van der Waals surface area contributed by atoms with E-state index >= 15 is 0 Å². The number of fused-ring (bicyclic) bond motifs is 1. The molecule has 3 rings (SSSR count). The predicted molar refractivity (Wildman–Crippen MR) is 70.8 cm³/mol. The number of rotatable bonds is 4. The van der Waals surface area contributed by atoms with Gasteiger partial charge in [0, 0.05) is 36.7 Å². The second kappa shape index (κ2) is 4.68. The van der Waals surface area contributed by atoms with Gasteiger partial charge in [0.15, 0.2) is 0 Å². The Bertz CT molecular complexity index is 671. The summed E-state index contributed by atoms with van der Waals surface area (Å²) in [5, 5.41) is 7.59. The number of aromatic nitrogens is 6. The molecular formula is C12H15N7. The maximum absolute atomic E-state index is 4.31. The number of hydrogen-bond donors (Lipinski definition) is 1. The molecule has 0 aliphatic heterocycles. The van der Waals surface area contributed by atoms with Crippen LogP contribution in [-0.2, 0) is 6.54 Å². The van der Waals surface area contributed by atoms with Crippen molar-refractivity contribution in [2.24, 2.45) is 0 Å². The van der Waals surface area contributed by atoms with Crippen LogP contribution in [0.15, 0.2) is 31.1 Å². The molecule has 3 aromatic rings. The molecule has 0 aliphatic rings. The van der Waals surface area contributed by atoms with E-state index < -0.39 is 0 Å². The van der Waals surface area contributed by atoms with Crippen molar-refractivity contribution in [2.45, 2.75) is 26.4 Å². The van der Waals surface area contributed by atoms with Crippen LogP contribution in [0.1, 0.15) is 12.6 Å². The summed E-state index contributed by atoms with van der Waals surface area (Å²) >= 11 is 0. The molecule has 1 atom stereocenters. The van der Waals surface area contributed by atoms with Gasteiger partial charge in [0.1, 0.15) is 12.1 Å². The SMILES string of the molecule is Cc1cc(NC(C)Cn2ccnc2)n2ncnc2n1. The van der Waals surface area contributed by atoms with Gasteiger partial charge < -0.3 is 9.88 Å². The molecule has 98 valence electrons. The first-order valence-corrected chi connectivity index (χ1v) is 6.12. The minimum Gasteiger partial charge on any atom is -0.366 e. The third-order valence-electron chi connectivity index (χ3n) is 2.82. The first kappa shape index (κ1) is 11.6. The number of nitrogens with one attached hydrogen (secondary N) is 1. The largest absolute Gasteiger partial charge is 0.366 e. The summed E-state index contributed by atoms with van der Waals surface area (Å²) < 4.78 is 3.74. The van der Waals surface area contributed by atoms with Crippen molar-refractivity contribution in [1.82, 2.24) is 29.1 Å². The Morgan fingerprint density at radius 1 is 1.42 bits per heavy atom. The van der Waals surface area contributed by atoms with Gasteiger partial charge in [-0.3, -0.25) is 0 Å². The summed E-state index contributed by atoms with van der Waals surface area (Å²) in [7, 11) is 0.